The molecule has 200 valence electrons. The van der Waals surface area contributed by atoms with Gasteiger partial charge in [-0.1, -0.05) is 32.9 Å². The van der Waals surface area contributed by atoms with Crippen molar-refractivity contribution in [2.24, 2.45) is 5.92 Å². The molecular formula is C26H34FN4O5P. The highest BCUT2D eigenvalue weighted by atomic mass is 31.2. The summed E-state index contributed by atoms with van der Waals surface area (Å²) >= 11 is 0. The van der Waals surface area contributed by atoms with Gasteiger partial charge in [-0.3, -0.25) is 9.36 Å². The van der Waals surface area contributed by atoms with Gasteiger partial charge in [0.1, 0.15) is 23.5 Å². The van der Waals surface area contributed by atoms with Crippen LogP contribution in [-0.2, 0) is 24.2 Å². The van der Waals surface area contributed by atoms with Crippen LogP contribution in [0.15, 0.2) is 41.3 Å². The molecule has 1 N–H and O–H groups in total. The van der Waals surface area contributed by atoms with Gasteiger partial charge in [-0.05, 0) is 49.9 Å². The molecule has 0 radical (unpaired) electrons. The van der Waals surface area contributed by atoms with Crippen LogP contribution in [-0.4, -0.2) is 44.9 Å². The Morgan fingerprint density at radius 2 is 2.19 bits per heavy atom. The molecule has 0 spiro atoms. The fourth-order valence-corrected chi connectivity index (χ4v) is 7.48. The molecule has 1 aromatic carbocycles. The van der Waals surface area contributed by atoms with Crippen LogP contribution < -0.4 is 11.0 Å². The summed E-state index contributed by atoms with van der Waals surface area (Å²) < 4.78 is 37.2. The van der Waals surface area contributed by atoms with Gasteiger partial charge in [0.2, 0.25) is 5.91 Å². The monoisotopic (exact) mass is 532 g/mol. The number of nitrogens with zero attached hydrogens (tertiary/aromatic N) is 3. The molecule has 3 saturated heterocycles. The highest BCUT2D eigenvalue weighted by Gasteiger charge is 2.56. The van der Waals surface area contributed by atoms with Crippen LogP contribution in [0.4, 0.5) is 10.2 Å². The van der Waals surface area contributed by atoms with Crippen LogP contribution in [0.25, 0.3) is 0 Å². The zero-order valence-electron chi connectivity index (χ0n) is 21.6. The summed E-state index contributed by atoms with van der Waals surface area (Å²) in [5, 5.41) is 2.65. The first-order valence-corrected chi connectivity index (χ1v) is 14.1. The van der Waals surface area contributed by atoms with Crippen molar-refractivity contribution in [3.05, 3.63) is 58.4 Å². The number of halogens is 1. The Labute approximate surface area is 217 Å². The number of carbonyl (C=O) groups excluding carboxylic acids is 1. The molecule has 0 bridgehead atoms. The number of ether oxygens (including phenoxy) is 1. The minimum Gasteiger partial charge on any atom is -0.352 e. The van der Waals surface area contributed by atoms with Crippen LogP contribution in [0.5, 0.6) is 0 Å². The minimum atomic E-state index is -1.39. The van der Waals surface area contributed by atoms with E-state index in [1.165, 1.54) is 10.6 Å². The van der Waals surface area contributed by atoms with E-state index in [1.807, 2.05) is 19.9 Å². The van der Waals surface area contributed by atoms with Gasteiger partial charge in [-0.2, -0.15) is 4.98 Å². The van der Waals surface area contributed by atoms with Crippen molar-refractivity contribution in [2.45, 2.75) is 83.5 Å². The molecule has 4 heterocycles. The minimum absolute atomic E-state index is 0.110. The van der Waals surface area contributed by atoms with Gasteiger partial charge in [0.15, 0.2) is 0 Å². The van der Waals surface area contributed by atoms with E-state index in [2.05, 4.69) is 15.0 Å². The van der Waals surface area contributed by atoms with Crippen LogP contribution in [0.3, 0.4) is 0 Å². The summed E-state index contributed by atoms with van der Waals surface area (Å²) in [4.78, 5) is 28.7. The maximum Gasteiger partial charge on any atom is 0.351 e. The van der Waals surface area contributed by atoms with E-state index in [1.54, 1.807) is 38.2 Å². The predicted molar refractivity (Wildman–Crippen MR) is 137 cm³/mol. The molecule has 9 nitrogen and oxygen atoms in total. The summed E-state index contributed by atoms with van der Waals surface area (Å²) in [6.45, 7) is 8.45. The van der Waals surface area contributed by atoms with Gasteiger partial charge in [0.25, 0.3) is 8.53 Å². The number of amides is 1. The molecule has 1 aromatic heterocycles. The molecule has 3 fully saturated rings. The van der Waals surface area contributed by atoms with Crippen molar-refractivity contribution in [3.63, 3.8) is 0 Å². The van der Waals surface area contributed by atoms with E-state index in [0.29, 0.717) is 12.8 Å². The zero-order valence-corrected chi connectivity index (χ0v) is 22.5. The Hall–Kier alpha value is -2.23. The molecule has 5 rings (SSSR count). The van der Waals surface area contributed by atoms with Crippen molar-refractivity contribution in [3.8, 4) is 0 Å². The second kappa shape index (κ2) is 10.5. The highest BCUT2D eigenvalue weighted by molar-refractivity contribution is 7.45. The molecule has 3 aliphatic heterocycles. The second-order valence-electron chi connectivity index (χ2n) is 10.3. The number of aromatic nitrogens is 2. The SMILES string of the molecule is CC[C@H]1O[C@@H](n2ccc(NC(=O)C(C)C)nc2=O)CC1O[P@@]1O[C@](C)(c2cccc(F)c2)[C@@H]2CCCN21. The Morgan fingerprint density at radius 1 is 1.38 bits per heavy atom. The third-order valence-electron chi connectivity index (χ3n) is 7.46. The number of anilines is 1. The number of benzene rings is 1. The van der Waals surface area contributed by atoms with Gasteiger partial charge in [0.05, 0.1) is 18.2 Å². The average molecular weight is 533 g/mol. The molecule has 3 aliphatic rings. The number of fused-ring (bicyclic) bond motifs is 1. The summed E-state index contributed by atoms with van der Waals surface area (Å²) in [5.74, 6) is -0.484. The Balaban J connectivity index is 1.31. The predicted octanol–water partition coefficient (Wildman–Crippen LogP) is 4.70. The largest absolute Gasteiger partial charge is 0.352 e. The van der Waals surface area contributed by atoms with Gasteiger partial charge >= 0.3 is 5.69 Å². The van der Waals surface area contributed by atoms with Crippen LogP contribution in [0.1, 0.15) is 65.2 Å². The first-order chi connectivity index (χ1) is 17.7. The Kier molecular flexibility index (Phi) is 7.49. The molecule has 11 heteroatoms. The normalized spacial score (nSPS) is 31.7. The fourth-order valence-electron chi connectivity index (χ4n) is 5.34. The third-order valence-corrected chi connectivity index (χ3v) is 9.34. The van der Waals surface area contributed by atoms with Crippen LogP contribution in [0, 0.1) is 11.7 Å². The average Bonchev–Trinajstić information content (AvgIpc) is 3.56. The summed E-state index contributed by atoms with van der Waals surface area (Å²) in [5.41, 5.74) is -0.349. The molecule has 37 heavy (non-hydrogen) atoms. The standard InChI is InChI=1S/C26H34FN4O5P/c1-5-19-20(15-23(34-19)30-13-11-22(29-25(30)33)28-24(32)16(2)3)35-37-31-12-7-10-21(31)26(4,36-37)17-8-6-9-18(27)14-17/h6,8-9,11,13-14,16,19-21,23H,5,7,10,12,15H2,1-4H3,(H,28,29,32,33)/t19-,20?,21+,23-,26-,37+/m1/s1. The maximum atomic E-state index is 14.1. The van der Waals surface area contributed by atoms with Crippen molar-refractivity contribution in [1.29, 1.82) is 0 Å². The molecule has 1 amide bonds. The van der Waals surface area contributed by atoms with Crippen molar-refractivity contribution < 1.29 is 23.0 Å². The maximum absolute atomic E-state index is 14.1. The quantitative estimate of drug-likeness (QED) is 0.517. The summed E-state index contributed by atoms with van der Waals surface area (Å²) in [6, 6.07) is 8.33. The number of hydrogen-bond donors (Lipinski definition) is 1. The molecule has 0 saturated carbocycles. The van der Waals surface area contributed by atoms with E-state index >= 15 is 0 Å². The van der Waals surface area contributed by atoms with Gasteiger partial charge < -0.3 is 19.1 Å². The lowest BCUT2D eigenvalue weighted by Gasteiger charge is -2.29. The number of rotatable bonds is 7. The molecule has 0 aliphatic carbocycles. The van der Waals surface area contributed by atoms with E-state index in [0.717, 1.165) is 24.9 Å². The first kappa shape index (κ1) is 26.4. The number of carbonyl (C=O) groups is 1. The van der Waals surface area contributed by atoms with Gasteiger partial charge in [-0.15, -0.1) is 0 Å². The smallest absolute Gasteiger partial charge is 0.351 e. The lowest BCUT2D eigenvalue weighted by molar-refractivity contribution is -0.118. The van der Waals surface area contributed by atoms with Gasteiger partial charge in [-0.25, -0.2) is 13.9 Å². The third kappa shape index (κ3) is 5.10. The molecule has 6 atom stereocenters. The van der Waals surface area contributed by atoms with Crippen molar-refractivity contribution in [2.75, 3.05) is 11.9 Å². The first-order valence-electron chi connectivity index (χ1n) is 12.9. The second-order valence-corrected chi connectivity index (χ2v) is 11.7. The molecule has 2 aromatic rings. The fraction of sp³-hybridized carbons (Fsp3) is 0.577. The molecule has 1 unspecified atom stereocenters. The lowest BCUT2D eigenvalue weighted by Crippen LogP contribution is -2.36. The van der Waals surface area contributed by atoms with Crippen molar-refractivity contribution >= 4 is 20.3 Å². The van der Waals surface area contributed by atoms with E-state index in [9.17, 15) is 14.0 Å². The Morgan fingerprint density at radius 3 is 2.89 bits per heavy atom. The number of nitrogens with one attached hydrogen (secondary N) is 1. The van der Waals surface area contributed by atoms with Gasteiger partial charge in [0, 0.05) is 25.1 Å². The lowest BCUT2D eigenvalue weighted by atomic mass is 9.87. The van der Waals surface area contributed by atoms with Crippen molar-refractivity contribution in [1.82, 2.24) is 14.2 Å². The Bertz CT molecular complexity index is 1210. The van der Waals surface area contributed by atoms with E-state index in [-0.39, 0.29) is 41.7 Å². The summed E-state index contributed by atoms with van der Waals surface area (Å²) in [7, 11) is -1.39. The zero-order chi connectivity index (χ0) is 26.3. The number of hydrogen-bond acceptors (Lipinski definition) is 7. The highest BCUT2D eigenvalue weighted by Crippen LogP contribution is 2.64. The van der Waals surface area contributed by atoms with E-state index in [4.69, 9.17) is 13.8 Å². The van der Waals surface area contributed by atoms with Crippen LogP contribution in [0.2, 0.25) is 0 Å². The van der Waals surface area contributed by atoms with Crippen LogP contribution >= 0.6 is 8.53 Å². The molecular weight excluding hydrogens is 498 g/mol. The summed E-state index contributed by atoms with van der Waals surface area (Å²) in [6.07, 6.45) is 3.73. The van der Waals surface area contributed by atoms with E-state index < -0.39 is 26.0 Å². The topological polar surface area (TPSA) is 94.9 Å².